The van der Waals surface area contributed by atoms with Gasteiger partial charge < -0.3 is 76.1 Å². The standard InChI is InChI=1S/C55H89N9O15SSi2/c1-16-20-77-44(68)24-38(52(73)64-27-32(65)21-40(64)53(74)75)61-48(70)39-29-80-51-35(34-19-18-33(76-11)22-36(34)62-51)23-37(47(69)57-26-43(67)63-46(30(3)17-2)50(72)58-25-42(66)59-39)60-49(71)45(56)31(4)41(79-82(14,15)55(8,9)10)28-78-81(12,13)54(5,6)7/h16,18-19,22,30-32,37-41,45-46,62,65H,1,17,20-21,23-29,56H2,2-15H3,(H,57,69)(H,58,72)(H,59,66)(H,60,71)(H,61,70)(H,63,67)(H,74,75)/t30-,31-,32+,37+,38+,39+,40-,41?,45-,46-/m0/s1. The summed E-state index contributed by atoms with van der Waals surface area (Å²) in [7, 11) is -3.38. The maximum atomic E-state index is 14.7. The summed E-state index contributed by atoms with van der Waals surface area (Å²) in [5, 5.41) is 36.6. The summed E-state index contributed by atoms with van der Waals surface area (Å²) in [6.07, 6.45) is -1.54. The average molecular weight is 1200 g/mol. The van der Waals surface area contributed by atoms with Gasteiger partial charge in [-0.3, -0.25) is 38.4 Å². The molecule has 7 amide bonds. The van der Waals surface area contributed by atoms with E-state index in [1.165, 1.54) is 13.2 Å². The molecule has 2 aliphatic heterocycles. The molecule has 82 heavy (non-hydrogen) atoms. The number of benzene rings is 1. The minimum absolute atomic E-state index is 0.141. The van der Waals surface area contributed by atoms with Crippen LogP contribution in [0.2, 0.25) is 36.3 Å². The fourth-order valence-electron chi connectivity index (χ4n) is 8.60. The second kappa shape index (κ2) is 29.1. The number of aromatic amines is 1. The number of carbonyl (C=O) groups is 9. The molecular weight excluding hydrogens is 1110 g/mol. The van der Waals surface area contributed by atoms with Crippen LogP contribution >= 0.6 is 11.8 Å². The summed E-state index contributed by atoms with van der Waals surface area (Å²) in [4.78, 5) is 129. The van der Waals surface area contributed by atoms with Gasteiger partial charge in [-0.05, 0) is 59.9 Å². The molecule has 1 aromatic carbocycles. The first-order valence-corrected chi connectivity index (χ1v) is 34.5. The van der Waals surface area contributed by atoms with E-state index < -0.39 is 156 Å². The van der Waals surface area contributed by atoms with Crippen molar-refractivity contribution >= 4 is 92.6 Å². The smallest absolute Gasteiger partial charge is 0.326 e. The van der Waals surface area contributed by atoms with Gasteiger partial charge in [-0.25, -0.2) is 4.79 Å². The summed E-state index contributed by atoms with van der Waals surface area (Å²) in [6, 6.07) is -3.64. The molecule has 0 spiro atoms. The number of rotatable bonds is 20. The SMILES string of the molecule is C=CCOC(=O)C[C@@H](NC(=O)[C@H]1CSc2[nH]c3cc(OC)ccc3c2C[C@@H](NC(=O)[C@@H](N)[C@@H](C)C(CO[Si](C)(C)C(C)(C)C)O[Si](C)(C)C(C)(C)C)C(=O)NCC(=O)N[C@@H]([C@@H](C)CC)C(=O)NCC(=O)N1)C(=O)N1C[C@H](O)C[C@H]1C(=O)O. The predicted octanol–water partition coefficient (Wildman–Crippen LogP) is 2.58. The average Bonchev–Trinajstić information content (AvgIpc) is 4.21. The third-order valence-corrected chi connectivity index (χ3v) is 26.3. The zero-order valence-corrected chi connectivity index (χ0v) is 52.8. The first-order chi connectivity index (χ1) is 38.1. The number of nitrogens with two attached hydrogens (primary N) is 1. The summed E-state index contributed by atoms with van der Waals surface area (Å²) in [5.41, 5.74) is 7.85. The number of aliphatic carboxylic acids is 1. The van der Waals surface area contributed by atoms with E-state index >= 15 is 0 Å². The highest BCUT2D eigenvalue weighted by molar-refractivity contribution is 7.99. The van der Waals surface area contributed by atoms with Crippen LogP contribution in [0.15, 0.2) is 35.9 Å². The third kappa shape index (κ3) is 18.3. The van der Waals surface area contributed by atoms with Crippen molar-refractivity contribution in [3.05, 3.63) is 36.4 Å². The van der Waals surface area contributed by atoms with E-state index in [9.17, 15) is 53.4 Å². The van der Waals surface area contributed by atoms with Crippen LogP contribution in [0.25, 0.3) is 10.9 Å². The van der Waals surface area contributed by atoms with Crippen molar-refractivity contribution in [2.45, 2.75) is 178 Å². The number of esters is 1. The van der Waals surface area contributed by atoms with E-state index in [0.717, 1.165) is 16.7 Å². The number of H-pyrrole nitrogens is 1. The van der Waals surface area contributed by atoms with Gasteiger partial charge in [0.05, 0.1) is 62.0 Å². The van der Waals surface area contributed by atoms with Gasteiger partial charge >= 0.3 is 11.9 Å². The Morgan fingerprint density at radius 1 is 0.951 bits per heavy atom. The summed E-state index contributed by atoms with van der Waals surface area (Å²) >= 11 is 0.995. The topological polar surface area (TPSA) is 348 Å². The van der Waals surface area contributed by atoms with Crippen molar-refractivity contribution in [3.63, 3.8) is 0 Å². The number of fused-ring (bicyclic) bond motifs is 3. The molecule has 0 aliphatic carbocycles. The highest BCUT2D eigenvalue weighted by Gasteiger charge is 2.46. The fourth-order valence-corrected chi connectivity index (χ4v) is 12.1. The number of thioether (sulfide) groups is 1. The van der Waals surface area contributed by atoms with Gasteiger partial charge in [-0.1, -0.05) is 81.4 Å². The van der Waals surface area contributed by atoms with Gasteiger partial charge in [0.25, 0.3) is 0 Å². The molecule has 1 unspecified atom stereocenters. The number of amides is 7. The first kappa shape index (κ1) is 68.7. The minimum atomic E-state index is -2.51. The number of hydrogen-bond acceptors (Lipinski definition) is 16. The minimum Gasteiger partial charge on any atom is -0.497 e. The number of carbonyl (C=O) groups excluding carboxylic acids is 8. The zero-order valence-electron chi connectivity index (χ0n) is 50.0. The molecule has 1 aromatic heterocycles. The van der Waals surface area contributed by atoms with Crippen molar-refractivity contribution < 1.29 is 71.7 Å². The molecule has 24 nitrogen and oxygen atoms in total. The van der Waals surface area contributed by atoms with E-state index in [1.807, 2.05) is 0 Å². The summed E-state index contributed by atoms with van der Waals surface area (Å²) in [6.45, 7) is 28.1. The Morgan fingerprint density at radius 3 is 2.16 bits per heavy atom. The second-order valence-corrected chi connectivity index (χ2v) is 34.8. The second-order valence-electron chi connectivity index (χ2n) is 24.3. The molecule has 0 radical (unpaired) electrons. The van der Waals surface area contributed by atoms with E-state index in [4.69, 9.17) is 24.1 Å². The van der Waals surface area contributed by atoms with Crippen LogP contribution in [0, 0.1) is 11.8 Å². The lowest BCUT2D eigenvalue weighted by Crippen LogP contribution is -2.59. The Balaban J connectivity index is 1.85. The molecule has 458 valence electrons. The molecule has 10 atom stereocenters. The number of aliphatic hydroxyl groups is 1. The highest BCUT2D eigenvalue weighted by atomic mass is 32.2. The lowest BCUT2D eigenvalue weighted by Gasteiger charge is -2.43. The lowest BCUT2D eigenvalue weighted by molar-refractivity contribution is -0.151. The van der Waals surface area contributed by atoms with Crippen molar-refractivity contribution in [3.8, 4) is 5.75 Å². The van der Waals surface area contributed by atoms with E-state index in [2.05, 4.69) is 111 Å². The van der Waals surface area contributed by atoms with Crippen LogP contribution in [-0.4, -0.2) is 184 Å². The number of aromatic nitrogens is 1. The lowest BCUT2D eigenvalue weighted by atomic mass is 9.95. The van der Waals surface area contributed by atoms with E-state index in [1.54, 1.807) is 39.0 Å². The number of β-amino-alcohol motifs (C(OH)–C–C–N with tert-alkyl or cyclic N) is 1. The number of carboxylic acid groups (broad SMARTS) is 1. The number of nitrogens with zero attached hydrogens (tertiary/aromatic N) is 1. The van der Waals surface area contributed by atoms with Crippen LogP contribution in [0.4, 0.5) is 0 Å². The molecular formula is C55H89N9O15SSi2. The zero-order chi connectivity index (χ0) is 61.8. The maximum absolute atomic E-state index is 14.7. The van der Waals surface area contributed by atoms with Crippen LogP contribution in [-0.2, 0) is 63.2 Å². The first-order valence-electron chi connectivity index (χ1n) is 27.7. The summed E-state index contributed by atoms with van der Waals surface area (Å²) < 4.78 is 24.3. The van der Waals surface area contributed by atoms with Crippen LogP contribution in [0.5, 0.6) is 5.75 Å². The fraction of sp³-hybridized carbons (Fsp3) is 0.655. The molecule has 1 fully saturated rings. The quantitative estimate of drug-likeness (QED) is 0.0517. The Hall–Kier alpha value is -5.85. The predicted molar refractivity (Wildman–Crippen MR) is 314 cm³/mol. The maximum Gasteiger partial charge on any atom is 0.326 e. The number of likely N-dealkylation sites (tertiary alicyclic amines) is 1. The number of ether oxygens (including phenoxy) is 2. The highest BCUT2D eigenvalue weighted by Crippen LogP contribution is 2.41. The van der Waals surface area contributed by atoms with Crippen molar-refractivity contribution in [1.29, 1.82) is 0 Å². The van der Waals surface area contributed by atoms with Crippen molar-refractivity contribution in [2.75, 3.05) is 45.7 Å². The molecule has 3 heterocycles. The largest absolute Gasteiger partial charge is 0.497 e. The van der Waals surface area contributed by atoms with Gasteiger partial charge in [0, 0.05) is 42.5 Å². The van der Waals surface area contributed by atoms with E-state index in [0.29, 0.717) is 33.7 Å². The third-order valence-electron chi connectivity index (χ3n) is 16.1. The van der Waals surface area contributed by atoms with Crippen LogP contribution < -0.4 is 42.4 Å². The van der Waals surface area contributed by atoms with E-state index in [-0.39, 0.29) is 41.9 Å². The Kier molecular flexibility index (Phi) is 24.4. The van der Waals surface area contributed by atoms with Crippen molar-refractivity contribution in [2.24, 2.45) is 17.6 Å². The number of nitrogens with one attached hydrogen (secondary N) is 7. The van der Waals surface area contributed by atoms with Gasteiger partial charge in [-0.15, -0.1) is 11.8 Å². The number of carboxylic acids is 1. The normalized spacial score (nSPS) is 22.0. The Bertz CT molecular complexity index is 2660. The van der Waals surface area contributed by atoms with Gasteiger partial charge in [-0.2, -0.15) is 0 Å². The molecule has 0 saturated carbocycles. The number of hydrogen-bond donors (Lipinski definition) is 10. The monoisotopic (exact) mass is 1200 g/mol. The van der Waals surface area contributed by atoms with Crippen LogP contribution in [0.3, 0.4) is 0 Å². The molecule has 2 aromatic rings. The van der Waals surface area contributed by atoms with Gasteiger partial charge in [0.1, 0.15) is 42.6 Å². The number of methoxy groups -OCH3 is 1. The molecule has 27 heteroatoms. The van der Waals surface area contributed by atoms with Crippen LogP contribution in [0.1, 0.15) is 87.1 Å². The molecule has 2 aliphatic rings. The Morgan fingerprint density at radius 2 is 1.57 bits per heavy atom. The molecule has 1 saturated heterocycles. The Labute approximate surface area is 487 Å². The number of aliphatic hydroxyl groups excluding tert-OH is 1. The molecule has 11 N–H and O–H groups in total. The van der Waals surface area contributed by atoms with Gasteiger partial charge in [0.2, 0.25) is 41.4 Å². The van der Waals surface area contributed by atoms with Gasteiger partial charge in [0.15, 0.2) is 16.6 Å². The molecule has 0 bridgehead atoms. The summed E-state index contributed by atoms with van der Waals surface area (Å²) in [5.74, 6) is -9.36. The van der Waals surface area contributed by atoms with Crippen molar-refractivity contribution in [1.82, 2.24) is 41.8 Å². The molecule has 4 rings (SSSR count).